The lowest BCUT2D eigenvalue weighted by atomic mass is 9.96. The van der Waals surface area contributed by atoms with Crippen LogP contribution < -0.4 is 5.32 Å². The third-order valence-electron chi connectivity index (χ3n) is 7.36. The molecule has 0 saturated carbocycles. The molecule has 4 rings (SSSR count). The molecular weight excluding hydrogens is 487 g/mol. The Kier molecular flexibility index (Phi) is 9.10. The number of carbonyl (C=O) groups is 1. The summed E-state index contributed by atoms with van der Waals surface area (Å²) in [5, 5.41) is 2.68. The number of nitrogens with one attached hydrogen (secondary N) is 1. The molecule has 1 fully saturated rings. The van der Waals surface area contributed by atoms with E-state index in [1.54, 1.807) is 4.90 Å². The number of halogens is 3. The van der Waals surface area contributed by atoms with Gasteiger partial charge in [-0.2, -0.15) is 0 Å². The average molecular weight is 524 g/mol. The normalized spacial score (nSPS) is 15.7. The first-order valence-electron chi connectivity index (χ1n) is 13.3. The lowest BCUT2D eigenvalue weighted by molar-refractivity contribution is 0.0172. The Hall–Kier alpha value is -3.32. The summed E-state index contributed by atoms with van der Waals surface area (Å²) in [7, 11) is 0. The molecule has 0 radical (unpaired) electrons. The molecule has 1 N–H and O–H groups in total. The molecule has 0 aliphatic carbocycles. The van der Waals surface area contributed by atoms with Crippen molar-refractivity contribution in [2.45, 2.75) is 57.5 Å². The monoisotopic (exact) mass is 523 g/mol. The van der Waals surface area contributed by atoms with E-state index in [0.717, 1.165) is 62.7 Å². The zero-order chi connectivity index (χ0) is 27.1. The maximum Gasteiger partial charge on any atom is 0.322 e. The molecule has 1 heterocycles. The Labute approximate surface area is 223 Å². The zero-order valence-electron chi connectivity index (χ0n) is 22.0. The zero-order valence-corrected chi connectivity index (χ0v) is 22.0. The minimum absolute atomic E-state index is 0.0151. The smallest absolute Gasteiger partial charge is 0.317 e. The second-order valence-corrected chi connectivity index (χ2v) is 10.3. The molecule has 1 aliphatic heterocycles. The van der Waals surface area contributed by atoms with E-state index >= 15 is 0 Å². The standard InChI is InChI=1S/C31H36F3N3O/c1-23(25-11-7-4-8-12-25)13-16-36-17-14-29(15-18-36)37(22-24-9-5-3-6-10-24)30(38)35-28-20-26(31(2,33)34)19-27(32)21-28/h3-12,19-21,23,29H,13-18,22H2,1-2H3,(H,35,38). The predicted octanol–water partition coefficient (Wildman–Crippen LogP) is 7.63. The van der Waals surface area contributed by atoms with Gasteiger partial charge in [0.1, 0.15) is 5.82 Å². The molecule has 0 bridgehead atoms. The van der Waals surface area contributed by atoms with Crippen molar-refractivity contribution in [1.29, 1.82) is 0 Å². The minimum Gasteiger partial charge on any atom is -0.317 e. The van der Waals surface area contributed by atoms with Crippen LogP contribution in [-0.4, -0.2) is 41.5 Å². The Morgan fingerprint density at radius 1 is 1.03 bits per heavy atom. The number of alkyl halides is 2. The lowest BCUT2D eigenvalue weighted by Crippen LogP contribution is -2.48. The summed E-state index contributed by atoms with van der Waals surface area (Å²) in [5.41, 5.74) is 1.87. The van der Waals surface area contributed by atoms with E-state index in [2.05, 4.69) is 41.4 Å². The van der Waals surface area contributed by atoms with Crippen molar-refractivity contribution in [3.05, 3.63) is 101 Å². The summed E-state index contributed by atoms with van der Waals surface area (Å²) in [4.78, 5) is 17.6. The topological polar surface area (TPSA) is 35.6 Å². The van der Waals surface area contributed by atoms with Gasteiger partial charge >= 0.3 is 6.03 Å². The molecule has 4 nitrogen and oxygen atoms in total. The molecule has 2 amide bonds. The molecule has 3 aromatic carbocycles. The van der Waals surface area contributed by atoms with Crippen LogP contribution in [0.1, 0.15) is 55.7 Å². The number of carbonyl (C=O) groups excluding carboxylic acids is 1. The van der Waals surface area contributed by atoms with E-state index in [-0.39, 0.29) is 11.7 Å². The highest BCUT2D eigenvalue weighted by Crippen LogP contribution is 2.30. The number of anilines is 1. The molecule has 1 aliphatic rings. The highest BCUT2D eigenvalue weighted by Gasteiger charge is 2.30. The molecule has 1 saturated heterocycles. The van der Waals surface area contributed by atoms with Gasteiger partial charge in [-0.25, -0.2) is 18.0 Å². The van der Waals surface area contributed by atoms with Crippen molar-refractivity contribution in [1.82, 2.24) is 9.80 Å². The Morgan fingerprint density at radius 2 is 1.66 bits per heavy atom. The van der Waals surface area contributed by atoms with Crippen LogP contribution in [0.2, 0.25) is 0 Å². The number of piperidine rings is 1. The van der Waals surface area contributed by atoms with Gasteiger partial charge in [-0.3, -0.25) is 0 Å². The van der Waals surface area contributed by atoms with E-state index in [0.29, 0.717) is 19.4 Å². The molecule has 7 heteroatoms. The third kappa shape index (κ3) is 7.60. The minimum atomic E-state index is -3.21. The van der Waals surface area contributed by atoms with E-state index < -0.39 is 23.3 Å². The van der Waals surface area contributed by atoms with Gasteiger partial charge < -0.3 is 15.1 Å². The number of rotatable bonds is 9. The van der Waals surface area contributed by atoms with Gasteiger partial charge in [0.25, 0.3) is 5.92 Å². The van der Waals surface area contributed by atoms with Crippen LogP contribution >= 0.6 is 0 Å². The fourth-order valence-corrected chi connectivity index (χ4v) is 5.04. The summed E-state index contributed by atoms with van der Waals surface area (Å²) in [6.07, 6.45) is 2.68. The van der Waals surface area contributed by atoms with Crippen molar-refractivity contribution < 1.29 is 18.0 Å². The van der Waals surface area contributed by atoms with Gasteiger partial charge in [0, 0.05) is 43.9 Å². The first kappa shape index (κ1) is 27.7. The number of likely N-dealkylation sites (tertiary alicyclic amines) is 1. The number of hydrogen-bond donors (Lipinski definition) is 1. The van der Waals surface area contributed by atoms with Crippen LogP contribution in [0, 0.1) is 5.82 Å². The molecule has 1 unspecified atom stereocenters. The molecular formula is C31H36F3N3O. The van der Waals surface area contributed by atoms with Crippen molar-refractivity contribution in [2.24, 2.45) is 0 Å². The van der Waals surface area contributed by atoms with Gasteiger partial charge in [-0.05, 0) is 61.1 Å². The number of urea groups is 1. The molecule has 38 heavy (non-hydrogen) atoms. The quantitative estimate of drug-likeness (QED) is 0.313. The van der Waals surface area contributed by atoms with Crippen LogP contribution in [0.15, 0.2) is 78.9 Å². The van der Waals surface area contributed by atoms with Gasteiger partial charge in [0.2, 0.25) is 0 Å². The van der Waals surface area contributed by atoms with Gasteiger partial charge in [0.15, 0.2) is 0 Å². The Bertz CT molecular complexity index is 1180. The van der Waals surface area contributed by atoms with Crippen LogP contribution in [0.5, 0.6) is 0 Å². The van der Waals surface area contributed by atoms with Gasteiger partial charge in [0.05, 0.1) is 0 Å². The second kappa shape index (κ2) is 12.5. The van der Waals surface area contributed by atoms with Crippen LogP contribution in [-0.2, 0) is 12.5 Å². The van der Waals surface area contributed by atoms with E-state index in [4.69, 9.17) is 0 Å². The summed E-state index contributed by atoms with van der Waals surface area (Å²) in [6, 6.07) is 22.8. The summed E-state index contributed by atoms with van der Waals surface area (Å²) >= 11 is 0. The lowest BCUT2D eigenvalue weighted by Gasteiger charge is -2.39. The fourth-order valence-electron chi connectivity index (χ4n) is 5.04. The number of amides is 2. The summed E-state index contributed by atoms with van der Waals surface area (Å²) in [6.45, 7) is 6.08. The van der Waals surface area contributed by atoms with Crippen molar-refractivity contribution in [3.8, 4) is 0 Å². The van der Waals surface area contributed by atoms with Crippen LogP contribution in [0.4, 0.5) is 23.7 Å². The maximum absolute atomic E-state index is 14.1. The largest absolute Gasteiger partial charge is 0.322 e. The summed E-state index contributed by atoms with van der Waals surface area (Å²) < 4.78 is 41.8. The number of hydrogen-bond acceptors (Lipinski definition) is 2. The SMILES string of the molecule is CC(CCN1CCC(N(Cc2ccccc2)C(=O)Nc2cc(F)cc(C(C)(F)F)c2)CC1)c1ccccc1. The van der Waals surface area contributed by atoms with Crippen molar-refractivity contribution in [2.75, 3.05) is 25.0 Å². The molecule has 3 aromatic rings. The van der Waals surface area contributed by atoms with Crippen LogP contribution in [0.25, 0.3) is 0 Å². The van der Waals surface area contributed by atoms with E-state index in [1.165, 1.54) is 5.56 Å². The second-order valence-electron chi connectivity index (χ2n) is 10.3. The fraction of sp³-hybridized carbons (Fsp3) is 0.387. The molecule has 0 spiro atoms. The molecule has 1 atom stereocenters. The highest BCUT2D eigenvalue weighted by atomic mass is 19.3. The Balaban J connectivity index is 1.41. The molecule has 202 valence electrons. The maximum atomic E-state index is 14.1. The first-order valence-corrected chi connectivity index (χ1v) is 13.3. The van der Waals surface area contributed by atoms with Gasteiger partial charge in [-0.15, -0.1) is 0 Å². The van der Waals surface area contributed by atoms with E-state index in [9.17, 15) is 18.0 Å². The van der Waals surface area contributed by atoms with Crippen molar-refractivity contribution >= 4 is 11.7 Å². The van der Waals surface area contributed by atoms with Gasteiger partial charge in [-0.1, -0.05) is 67.6 Å². The predicted molar refractivity (Wildman–Crippen MR) is 146 cm³/mol. The molecule has 0 aromatic heterocycles. The van der Waals surface area contributed by atoms with E-state index in [1.807, 2.05) is 36.4 Å². The number of benzene rings is 3. The Morgan fingerprint density at radius 3 is 2.29 bits per heavy atom. The average Bonchev–Trinajstić information content (AvgIpc) is 2.91. The summed E-state index contributed by atoms with van der Waals surface area (Å²) in [5.74, 6) is -3.55. The van der Waals surface area contributed by atoms with Crippen molar-refractivity contribution in [3.63, 3.8) is 0 Å². The first-order chi connectivity index (χ1) is 18.2. The third-order valence-corrected chi connectivity index (χ3v) is 7.36. The van der Waals surface area contributed by atoms with Crippen LogP contribution in [0.3, 0.4) is 0 Å². The number of nitrogens with zero attached hydrogens (tertiary/aromatic N) is 2. The highest BCUT2D eigenvalue weighted by molar-refractivity contribution is 5.89.